The number of esters is 1. The van der Waals surface area contributed by atoms with E-state index in [1.165, 1.54) is 37.6 Å². The Balaban J connectivity index is 1.79. The summed E-state index contributed by atoms with van der Waals surface area (Å²) in [6.07, 6.45) is 1.48. The van der Waals surface area contributed by atoms with E-state index in [1.807, 2.05) is 0 Å². The standard InChI is InChI=1S/C18H13ClN2O4/c1-25-18(24)10-2-5-12(6-3-10)21-17(23)16(22)14-9-20-15-7-4-11(19)8-13(14)15/h2-9,20H,1H3,(H,21,23). The number of fused-ring (bicyclic) bond motifs is 1. The molecule has 6 nitrogen and oxygen atoms in total. The Labute approximate surface area is 147 Å². The number of hydrogen-bond donors (Lipinski definition) is 2. The van der Waals surface area contributed by atoms with Gasteiger partial charge in [-0.1, -0.05) is 11.6 Å². The van der Waals surface area contributed by atoms with Crippen molar-refractivity contribution in [2.24, 2.45) is 0 Å². The molecule has 0 fully saturated rings. The zero-order valence-corrected chi connectivity index (χ0v) is 13.9. The molecule has 0 radical (unpaired) electrons. The van der Waals surface area contributed by atoms with E-state index in [0.29, 0.717) is 27.2 Å². The fraction of sp³-hybridized carbons (Fsp3) is 0.0556. The molecule has 1 amide bonds. The minimum absolute atomic E-state index is 0.237. The molecule has 0 aliphatic rings. The molecule has 0 aliphatic heterocycles. The largest absolute Gasteiger partial charge is 0.465 e. The average Bonchev–Trinajstić information content (AvgIpc) is 3.03. The molecule has 1 heterocycles. The van der Waals surface area contributed by atoms with Crippen LogP contribution in [0.4, 0.5) is 5.69 Å². The van der Waals surface area contributed by atoms with Crippen molar-refractivity contribution in [1.29, 1.82) is 0 Å². The lowest BCUT2D eigenvalue weighted by Gasteiger charge is -2.05. The summed E-state index contributed by atoms with van der Waals surface area (Å²) in [5.41, 5.74) is 1.69. The van der Waals surface area contributed by atoms with Gasteiger partial charge in [0.1, 0.15) is 0 Å². The van der Waals surface area contributed by atoms with Crippen LogP contribution < -0.4 is 5.32 Å². The highest BCUT2D eigenvalue weighted by Gasteiger charge is 2.20. The second kappa shape index (κ2) is 6.78. The van der Waals surface area contributed by atoms with Crippen LogP contribution in [0.2, 0.25) is 5.02 Å². The van der Waals surface area contributed by atoms with Gasteiger partial charge < -0.3 is 15.0 Å². The predicted molar refractivity (Wildman–Crippen MR) is 94.1 cm³/mol. The van der Waals surface area contributed by atoms with E-state index in [0.717, 1.165) is 0 Å². The van der Waals surface area contributed by atoms with Gasteiger partial charge >= 0.3 is 5.97 Å². The minimum atomic E-state index is -0.785. The Morgan fingerprint density at radius 1 is 1.08 bits per heavy atom. The molecule has 0 saturated heterocycles. The van der Waals surface area contributed by atoms with Crippen LogP contribution in [0.15, 0.2) is 48.7 Å². The number of carbonyl (C=O) groups is 3. The Morgan fingerprint density at radius 2 is 1.80 bits per heavy atom. The van der Waals surface area contributed by atoms with E-state index in [1.54, 1.807) is 18.2 Å². The van der Waals surface area contributed by atoms with Crippen molar-refractivity contribution in [2.45, 2.75) is 0 Å². The van der Waals surface area contributed by atoms with Crippen molar-refractivity contribution < 1.29 is 19.1 Å². The van der Waals surface area contributed by atoms with Crippen LogP contribution in [0.5, 0.6) is 0 Å². The van der Waals surface area contributed by atoms with E-state index >= 15 is 0 Å². The third-order valence-electron chi connectivity index (χ3n) is 3.66. The number of ketones is 1. The quantitative estimate of drug-likeness (QED) is 0.426. The van der Waals surface area contributed by atoms with Gasteiger partial charge in [0.05, 0.1) is 18.2 Å². The zero-order chi connectivity index (χ0) is 18.0. The number of H-pyrrole nitrogens is 1. The van der Waals surface area contributed by atoms with Crippen LogP contribution in [0.1, 0.15) is 20.7 Å². The van der Waals surface area contributed by atoms with Crippen molar-refractivity contribution in [3.05, 3.63) is 64.8 Å². The number of rotatable bonds is 4. The fourth-order valence-electron chi connectivity index (χ4n) is 2.40. The number of hydrogen-bond acceptors (Lipinski definition) is 4. The number of anilines is 1. The summed E-state index contributed by atoms with van der Waals surface area (Å²) < 4.78 is 4.60. The molecule has 0 atom stereocenters. The molecule has 0 saturated carbocycles. The molecular weight excluding hydrogens is 344 g/mol. The van der Waals surface area contributed by atoms with E-state index in [-0.39, 0.29) is 5.56 Å². The molecule has 126 valence electrons. The molecule has 0 spiro atoms. The first-order chi connectivity index (χ1) is 12.0. The number of halogens is 1. The number of methoxy groups -OCH3 is 1. The normalized spacial score (nSPS) is 10.5. The van der Waals surface area contributed by atoms with Gasteiger partial charge in [0.25, 0.3) is 11.7 Å². The molecule has 0 unspecified atom stereocenters. The fourth-order valence-corrected chi connectivity index (χ4v) is 2.57. The Kier molecular flexibility index (Phi) is 4.54. The lowest BCUT2D eigenvalue weighted by molar-refractivity contribution is -0.112. The highest BCUT2D eigenvalue weighted by Crippen LogP contribution is 2.23. The number of aromatic amines is 1. The number of benzene rings is 2. The maximum atomic E-state index is 12.4. The molecule has 2 N–H and O–H groups in total. The van der Waals surface area contributed by atoms with Crippen molar-refractivity contribution in [2.75, 3.05) is 12.4 Å². The molecule has 1 aromatic heterocycles. The van der Waals surface area contributed by atoms with Gasteiger partial charge in [0.15, 0.2) is 0 Å². The summed E-state index contributed by atoms with van der Waals surface area (Å²) in [4.78, 5) is 38.9. The van der Waals surface area contributed by atoms with Gasteiger partial charge in [-0.15, -0.1) is 0 Å². The van der Waals surface area contributed by atoms with E-state index < -0.39 is 17.7 Å². The van der Waals surface area contributed by atoms with Crippen molar-refractivity contribution in [3.8, 4) is 0 Å². The first-order valence-electron chi connectivity index (χ1n) is 7.30. The molecule has 3 rings (SSSR count). The number of ether oxygens (including phenoxy) is 1. The van der Waals surface area contributed by atoms with Crippen LogP contribution in [-0.2, 0) is 9.53 Å². The zero-order valence-electron chi connectivity index (χ0n) is 13.1. The highest BCUT2D eigenvalue weighted by atomic mass is 35.5. The Bertz CT molecular complexity index is 976. The van der Waals surface area contributed by atoms with Crippen molar-refractivity contribution in [3.63, 3.8) is 0 Å². The summed E-state index contributed by atoms with van der Waals surface area (Å²) >= 11 is 5.95. The molecule has 2 aromatic carbocycles. The smallest absolute Gasteiger partial charge is 0.337 e. The van der Waals surface area contributed by atoms with Gasteiger partial charge in [0, 0.05) is 27.8 Å². The van der Waals surface area contributed by atoms with Crippen LogP contribution in [0, 0.1) is 0 Å². The van der Waals surface area contributed by atoms with Gasteiger partial charge in [-0.25, -0.2) is 4.79 Å². The monoisotopic (exact) mass is 356 g/mol. The van der Waals surface area contributed by atoms with Crippen molar-refractivity contribution >= 4 is 45.9 Å². The lowest BCUT2D eigenvalue weighted by Crippen LogP contribution is -2.22. The summed E-state index contributed by atoms with van der Waals surface area (Å²) in [5, 5.41) is 3.56. The topological polar surface area (TPSA) is 88.3 Å². The molecule has 0 bridgehead atoms. The third-order valence-corrected chi connectivity index (χ3v) is 3.89. The summed E-state index contributed by atoms with van der Waals surface area (Å²) in [5.74, 6) is -1.96. The van der Waals surface area contributed by atoms with Crippen LogP contribution in [0.25, 0.3) is 10.9 Å². The SMILES string of the molecule is COC(=O)c1ccc(NC(=O)C(=O)c2c[nH]c3ccc(Cl)cc23)cc1. The van der Waals surface area contributed by atoms with Gasteiger partial charge in [-0.3, -0.25) is 9.59 Å². The molecule has 25 heavy (non-hydrogen) atoms. The van der Waals surface area contributed by atoms with E-state index in [9.17, 15) is 14.4 Å². The van der Waals surface area contributed by atoms with Crippen LogP contribution in [-0.4, -0.2) is 29.8 Å². The number of Topliss-reactive ketones (excluding diaryl/α,β-unsaturated/α-hetero) is 1. The summed E-state index contributed by atoms with van der Waals surface area (Å²) in [6.45, 7) is 0. The van der Waals surface area contributed by atoms with Crippen LogP contribution in [0.3, 0.4) is 0 Å². The number of nitrogens with one attached hydrogen (secondary N) is 2. The van der Waals surface area contributed by atoms with Crippen LogP contribution >= 0.6 is 11.6 Å². The lowest BCUT2D eigenvalue weighted by atomic mass is 10.1. The van der Waals surface area contributed by atoms with Crippen molar-refractivity contribution in [1.82, 2.24) is 4.98 Å². The number of carbonyl (C=O) groups excluding carboxylic acids is 3. The first kappa shape index (κ1) is 16.7. The van der Waals surface area contributed by atoms with Gasteiger partial charge in [-0.05, 0) is 42.5 Å². The predicted octanol–water partition coefficient (Wildman–Crippen LogP) is 3.43. The molecule has 3 aromatic rings. The second-order valence-corrected chi connectivity index (χ2v) is 5.68. The summed E-state index contributed by atoms with van der Waals surface area (Å²) in [7, 11) is 1.28. The highest BCUT2D eigenvalue weighted by molar-refractivity contribution is 6.48. The Hall–Kier alpha value is -3.12. The van der Waals surface area contributed by atoms with E-state index in [4.69, 9.17) is 11.6 Å². The minimum Gasteiger partial charge on any atom is -0.465 e. The van der Waals surface area contributed by atoms with E-state index in [2.05, 4.69) is 15.0 Å². The van der Waals surface area contributed by atoms with Gasteiger partial charge in [0.2, 0.25) is 0 Å². The summed E-state index contributed by atoms with van der Waals surface area (Å²) in [6, 6.07) is 11.1. The molecular formula is C18H13ClN2O4. The third kappa shape index (κ3) is 3.39. The maximum absolute atomic E-state index is 12.4. The first-order valence-corrected chi connectivity index (χ1v) is 7.68. The Morgan fingerprint density at radius 3 is 2.48 bits per heavy atom. The van der Waals surface area contributed by atoms with Gasteiger partial charge in [-0.2, -0.15) is 0 Å². The number of amides is 1. The molecule has 7 heteroatoms. The molecule has 0 aliphatic carbocycles. The number of aromatic nitrogens is 1. The second-order valence-electron chi connectivity index (χ2n) is 5.24. The maximum Gasteiger partial charge on any atom is 0.337 e. The average molecular weight is 357 g/mol.